The summed E-state index contributed by atoms with van der Waals surface area (Å²) in [5.74, 6) is -0.0856. The van der Waals surface area contributed by atoms with E-state index in [9.17, 15) is 9.59 Å². The molecule has 136 valence electrons. The van der Waals surface area contributed by atoms with E-state index in [-0.39, 0.29) is 25.3 Å². The number of hydrogen-bond donors (Lipinski definition) is 2. The Morgan fingerprint density at radius 3 is 3.16 bits per heavy atom. The Hall–Kier alpha value is -2.14. The van der Waals surface area contributed by atoms with Gasteiger partial charge in [0.1, 0.15) is 0 Å². The Morgan fingerprint density at radius 1 is 1.52 bits per heavy atom. The van der Waals surface area contributed by atoms with Crippen molar-refractivity contribution in [1.29, 1.82) is 0 Å². The van der Waals surface area contributed by atoms with E-state index in [0.717, 1.165) is 19.4 Å². The number of ether oxygens (including phenoxy) is 2. The third-order valence-electron chi connectivity index (χ3n) is 3.82. The lowest BCUT2D eigenvalue weighted by Crippen LogP contribution is -2.44. The molecular weight excluding hydrogens is 348 g/mol. The maximum absolute atomic E-state index is 12.0. The summed E-state index contributed by atoms with van der Waals surface area (Å²) in [6, 6.07) is -0.345. The number of urea groups is 1. The van der Waals surface area contributed by atoms with Gasteiger partial charge in [0.05, 0.1) is 31.4 Å². The molecule has 0 aliphatic carbocycles. The molecule has 11 heteroatoms. The van der Waals surface area contributed by atoms with Gasteiger partial charge in [0.2, 0.25) is 5.16 Å². The summed E-state index contributed by atoms with van der Waals surface area (Å²) in [6.45, 7) is 3.51. The van der Waals surface area contributed by atoms with Crippen LogP contribution in [0, 0.1) is 0 Å². The number of carbonyl (C=O) groups excluding carboxylic acids is 2. The van der Waals surface area contributed by atoms with Gasteiger partial charge in [-0.2, -0.15) is 0 Å². The Balaban J connectivity index is 1.67. The van der Waals surface area contributed by atoms with E-state index in [4.69, 9.17) is 9.47 Å². The van der Waals surface area contributed by atoms with Gasteiger partial charge in [-0.25, -0.2) is 14.3 Å². The fraction of sp³-hybridized carbons (Fsp3) is 0.643. The van der Waals surface area contributed by atoms with E-state index in [1.807, 2.05) is 0 Å². The molecule has 1 unspecified atom stereocenters. The number of carbonyl (C=O) groups is 2. The highest BCUT2D eigenvalue weighted by Crippen LogP contribution is 2.21. The van der Waals surface area contributed by atoms with Crippen molar-refractivity contribution in [3.8, 4) is 0 Å². The van der Waals surface area contributed by atoms with Crippen molar-refractivity contribution < 1.29 is 19.1 Å². The molecule has 0 bridgehead atoms. The molecule has 3 rings (SSSR count). The summed E-state index contributed by atoms with van der Waals surface area (Å²) in [6.07, 6.45) is 2.16. The summed E-state index contributed by atoms with van der Waals surface area (Å²) in [4.78, 5) is 23.6. The minimum Gasteiger partial charge on any atom is -0.463 e. The van der Waals surface area contributed by atoms with Gasteiger partial charge in [0.25, 0.3) is 0 Å². The fourth-order valence-electron chi connectivity index (χ4n) is 2.60. The summed E-state index contributed by atoms with van der Waals surface area (Å²) < 4.78 is 12.3. The second-order valence-electron chi connectivity index (χ2n) is 5.55. The predicted octanol–water partition coefficient (Wildman–Crippen LogP) is 0.0742. The molecule has 1 aromatic rings. The number of amides is 2. The fourth-order valence-corrected chi connectivity index (χ4v) is 3.48. The Labute approximate surface area is 148 Å². The smallest absolute Gasteiger partial charge is 0.337 e. The number of nitrogens with zero attached hydrogens (tertiary/aromatic N) is 4. The first-order chi connectivity index (χ1) is 12.2. The monoisotopic (exact) mass is 368 g/mol. The van der Waals surface area contributed by atoms with Gasteiger partial charge in [-0.3, -0.25) is 0 Å². The quantitative estimate of drug-likeness (QED) is 0.513. The molecule has 1 fully saturated rings. The van der Waals surface area contributed by atoms with E-state index in [2.05, 4.69) is 26.2 Å². The van der Waals surface area contributed by atoms with Crippen molar-refractivity contribution in [3.05, 3.63) is 11.3 Å². The highest BCUT2D eigenvalue weighted by molar-refractivity contribution is 7.99. The molecule has 1 saturated heterocycles. The molecule has 0 saturated carbocycles. The molecule has 2 aliphatic rings. The second kappa shape index (κ2) is 8.30. The zero-order valence-electron chi connectivity index (χ0n) is 13.9. The van der Waals surface area contributed by atoms with E-state index >= 15 is 0 Å². The standard InChI is InChI=1S/C14H20N6O4S/c1-2-23-12(21)10-6-15-13(22)16-11(10)8-25-14-17-18-19-20(14)7-9-4-3-5-24-9/h9H,2-8H2,1H3,(H2,15,16,22). The topological polar surface area (TPSA) is 120 Å². The number of rotatable bonds is 7. The lowest BCUT2D eigenvalue weighted by molar-refractivity contribution is -0.138. The zero-order chi connectivity index (χ0) is 17.6. The largest absolute Gasteiger partial charge is 0.463 e. The Bertz CT molecular complexity index is 670. The van der Waals surface area contributed by atoms with Gasteiger partial charge < -0.3 is 20.1 Å². The number of thioether (sulfide) groups is 1. The molecule has 25 heavy (non-hydrogen) atoms. The maximum atomic E-state index is 12.0. The molecule has 0 aromatic carbocycles. The maximum Gasteiger partial charge on any atom is 0.337 e. The van der Waals surface area contributed by atoms with Crippen molar-refractivity contribution in [2.75, 3.05) is 25.5 Å². The van der Waals surface area contributed by atoms with Crippen LogP contribution in [0.1, 0.15) is 19.8 Å². The van der Waals surface area contributed by atoms with Crippen LogP contribution in [0.4, 0.5) is 4.79 Å². The SMILES string of the molecule is CCOC(=O)C1=C(CSc2nnnn2CC2CCCO2)NC(=O)NC1. The molecule has 0 radical (unpaired) electrons. The van der Waals surface area contributed by atoms with Crippen molar-refractivity contribution in [3.63, 3.8) is 0 Å². The average Bonchev–Trinajstić information content (AvgIpc) is 3.25. The lowest BCUT2D eigenvalue weighted by atomic mass is 10.2. The first kappa shape index (κ1) is 17.7. The third kappa shape index (κ3) is 4.48. The van der Waals surface area contributed by atoms with Crippen molar-refractivity contribution >= 4 is 23.8 Å². The van der Waals surface area contributed by atoms with E-state index in [1.165, 1.54) is 11.8 Å². The normalized spacial score (nSPS) is 20.4. The minimum atomic E-state index is -0.440. The zero-order valence-corrected chi connectivity index (χ0v) is 14.7. The van der Waals surface area contributed by atoms with Gasteiger partial charge in [-0.1, -0.05) is 11.8 Å². The Kier molecular flexibility index (Phi) is 5.87. The summed E-state index contributed by atoms with van der Waals surface area (Å²) in [5.41, 5.74) is 0.922. The van der Waals surface area contributed by atoms with E-state index < -0.39 is 5.97 Å². The number of esters is 1. The van der Waals surface area contributed by atoms with Crippen molar-refractivity contribution in [2.24, 2.45) is 0 Å². The number of tetrazole rings is 1. The van der Waals surface area contributed by atoms with Crippen LogP contribution in [0.15, 0.2) is 16.4 Å². The van der Waals surface area contributed by atoms with Gasteiger partial charge in [-0.05, 0) is 30.2 Å². The second-order valence-corrected chi connectivity index (χ2v) is 6.50. The summed E-state index contributed by atoms with van der Waals surface area (Å²) in [7, 11) is 0. The van der Waals surface area contributed by atoms with E-state index in [1.54, 1.807) is 11.6 Å². The molecule has 2 amide bonds. The molecule has 10 nitrogen and oxygen atoms in total. The number of hydrogen-bond acceptors (Lipinski definition) is 8. The molecular formula is C14H20N6O4S. The van der Waals surface area contributed by atoms with E-state index in [0.29, 0.717) is 28.7 Å². The Morgan fingerprint density at radius 2 is 2.40 bits per heavy atom. The van der Waals surface area contributed by atoms with Crippen molar-refractivity contribution in [2.45, 2.75) is 37.6 Å². The molecule has 1 atom stereocenters. The molecule has 1 aromatic heterocycles. The summed E-state index contributed by atoms with van der Waals surface area (Å²) >= 11 is 1.35. The summed E-state index contributed by atoms with van der Waals surface area (Å²) in [5, 5.41) is 17.6. The van der Waals surface area contributed by atoms with Crippen LogP contribution >= 0.6 is 11.8 Å². The van der Waals surface area contributed by atoms with Gasteiger partial charge in [0, 0.05) is 18.1 Å². The highest BCUT2D eigenvalue weighted by atomic mass is 32.2. The highest BCUT2D eigenvalue weighted by Gasteiger charge is 2.25. The van der Waals surface area contributed by atoms with Crippen LogP contribution in [0.25, 0.3) is 0 Å². The minimum absolute atomic E-state index is 0.121. The molecule has 3 heterocycles. The first-order valence-electron chi connectivity index (χ1n) is 8.12. The van der Waals surface area contributed by atoms with Crippen LogP contribution in [-0.4, -0.2) is 63.8 Å². The first-order valence-corrected chi connectivity index (χ1v) is 9.10. The van der Waals surface area contributed by atoms with Crippen LogP contribution in [0.5, 0.6) is 0 Å². The van der Waals surface area contributed by atoms with Gasteiger partial charge in [0.15, 0.2) is 0 Å². The third-order valence-corrected chi connectivity index (χ3v) is 4.81. The van der Waals surface area contributed by atoms with Gasteiger partial charge >= 0.3 is 12.0 Å². The average molecular weight is 368 g/mol. The lowest BCUT2D eigenvalue weighted by Gasteiger charge is -2.21. The molecule has 2 N–H and O–H groups in total. The molecule has 2 aliphatic heterocycles. The van der Waals surface area contributed by atoms with Crippen molar-refractivity contribution in [1.82, 2.24) is 30.8 Å². The van der Waals surface area contributed by atoms with Crippen LogP contribution in [0.3, 0.4) is 0 Å². The number of aromatic nitrogens is 4. The van der Waals surface area contributed by atoms with Crippen LogP contribution in [-0.2, 0) is 20.8 Å². The number of nitrogens with one attached hydrogen (secondary N) is 2. The predicted molar refractivity (Wildman–Crippen MR) is 87.7 cm³/mol. The van der Waals surface area contributed by atoms with Crippen LogP contribution in [0.2, 0.25) is 0 Å². The van der Waals surface area contributed by atoms with Crippen LogP contribution < -0.4 is 10.6 Å². The van der Waals surface area contributed by atoms with Gasteiger partial charge in [-0.15, -0.1) is 5.10 Å². The molecule has 0 spiro atoms.